The zero-order chi connectivity index (χ0) is 13.8. The fraction of sp³-hybridized carbons (Fsp3) is 0.286. The number of benzene rings is 1. The van der Waals surface area contributed by atoms with E-state index in [1.807, 2.05) is 37.5 Å². The molecule has 1 amide bonds. The Hall–Kier alpha value is -2.30. The Bertz CT molecular complexity index is 576. The fourth-order valence-electron chi connectivity index (χ4n) is 1.91. The van der Waals surface area contributed by atoms with E-state index < -0.39 is 0 Å². The minimum absolute atomic E-state index is 0.0433. The number of para-hydroxylation sites is 1. The highest BCUT2D eigenvalue weighted by Crippen LogP contribution is 2.12. The molecule has 0 fully saturated rings. The van der Waals surface area contributed by atoms with Gasteiger partial charge in [0.05, 0.1) is 12.6 Å². The molecule has 0 bridgehead atoms. The maximum Gasteiger partial charge on any atom is 0.227 e. The van der Waals surface area contributed by atoms with Crippen molar-refractivity contribution >= 4 is 11.6 Å². The predicted octanol–water partition coefficient (Wildman–Crippen LogP) is 1.20. The molecule has 0 saturated carbocycles. The van der Waals surface area contributed by atoms with Crippen molar-refractivity contribution in [3.05, 3.63) is 47.8 Å². The van der Waals surface area contributed by atoms with Crippen LogP contribution < -0.4 is 5.73 Å². The van der Waals surface area contributed by atoms with Crippen molar-refractivity contribution in [1.29, 1.82) is 0 Å². The molecule has 2 N–H and O–H groups in total. The lowest BCUT2D eigenvalue weighted by molar-refractivity contribution is -0.129. The van der Waals surface area contributed by atoms with Crippen molar-refractivity contribution < 1.29 is 4.79 Å². The molecule has 0 spiro atoms. The molecular weight excluding hydrogens is 240 g/mol. The van der Waals surface area contributed by atoms with E-state index in [2.05, 4.69) is 5.10 Å². The predicted molar refractivity (Wildman–Crippen MR) is 74.2 cm³/mol. The number of amides is 1. The molecule has 19 heavy (non-hydrogen) atoms. The van der Waals surface area contributed by atoms with Crippen LogP contribution in [0, 0.1) is 0 Å². The van der Waals surface area contributed by atoms with Gasteiger partial charge in [-0.2, -0.15) is 5.10 Å². The molecule has 0 saturated heterocycles. The van der Waals surface area contributed by atoms with Gasteiger partial charge >= 0.3 is 0 Å². The molecule has 0 aliphatic carbocycles. The van der Waals surface area contributed by atoms with Gasteiger partial charge in [0.25, 0.3) is 0 Å². The third kappa shape index (κ3) is 3.34. The van der Waals surface area contributed by atoms with Crippen molar-refractivity contribution in [2.75, 3.05) is 12.8 Å². The average molecular weight is 258 g/mol. The number of carbonyl (C=O) groups is 1. The maximum atomic E-state index is 12.1. The quantitative estimate of drug-likeness (QED) is 0.838. The van der Waals surface area contributed by atoms with Crippen LogP contribution in [0.4, 0.5) is 5.69 Å². The second kappa shape index (κ2) is 5.56. The number of hydrogen-bond acceptors (Lipinski definition) is 3. The second-order valence-electron chi connectivity index (χ2n) is 4.65. The van der Waals surface area contributed by atoms with Gasteiger partial charge in [-0.15, -0.1) is 0 Å². The lowest BCUT2D eigenvalue weighted by Gasteiger charge is -2.16. The van der Waals surface area contributed by atoms with Crippen LogP contribution in [0.1, 0.15) is 11.1 Å². The van der Waals surface area contributed by atoms with Crippen molar-refractivity contribution in [1.82, 2.24) is 14.7 Å². The van der Waals surface area contributed by atoms with Crippen LogP contribution in [0.25, 0.3) is 0 Å². The van der Waals surface area contributed by atoms with E-state index in [-0.39, 0.29) is 5.91 Å². The molecule has 1 aromatic heterocycles. The van der Waals surface area contributed by atoms with Crippen LogP contribution in [0.15, 0.2) is 36.7 Å². The minimum atomic E-state index is 0.0433. The van der Waals surface area contributed by atoms with E-state index >= 15 is 0 Å². The number of rotatable bonds is 4. The first-order valence-electron chi connectivity index (χ1n) is 6.11. The Morgan fingerprint density at radius 1 is 1.42 bits per heavy atom. The summed E-state index contributed by atoms with van der Waals surface area (Å²) in [6, 6.07) is 7.44. The van der Waals surface area contributed by atoms with Crippen LogP contribution in [0.2, 0.25) is 0 Å². The summed E-state index contributed by atoms with van der Waals surface area (Å²) < 4.78 is 1.73. The zero-order valence-electron chi connectivity index (χ0n) is 11.2. The summed E-state index contributed by atoms with van der Waals surface area (Å²) in [6.45, 7) is 0.555. The molecule has 0 atom stereocenters. The third-order valence-corrected chi connectivity index (χ3v) is 3.00. The first-order chi connectivity index (χ1) is 9.06. The van der Waals surface area contributed by atoms with E-state index in [1.54, 1.807) is 22.8 Å². The highest BCUT2D eigenvalue weighted by Gasteiger charge is 2.12. The molecule has 1 heterocycles. The highest BCUT2D eigenvalue weighted by molar-refractivity contribution is 5.80. The molecule has 0 aliphatic rings. The van der Waals surface area contributed by atoms with Crippen molar-refractivity contribution in [2.45, 2.75) is 13.0 Å². The number of aryl methyl sites for hydroxylation is 1. The van der Waals surface area contributed by atoms with Gasteiger partial charge in [-0.25, -0.2) is 0 Å². The fourth-order valence-corrected chi connectivity index (χ4v) is 1.91. The summed E-state index contributed by atoms with van der Waals surface area (Å²) >= 11 is 0. The van der Waals surface area contributed by atoms with Crippen molar-refractivity contribution in [3.63, 3.8) is 0 Å². The lowest BCUT2D eigenvalue weighted by Crippen LogP contribution is -2.27. The molecule has 0 radical (unpaired) electrons. The van der Waals surface area contributed by atoms with Gasteiger partial charge in [0.2, 0.25) is 5.91 Å². The van der Waals surface area contributed by atoms with Crippen LogP contribution in [-0.4, -0.2) is 27.6 Å². The van der Waals surface area contributed by atoms with Crippen molar-refractivity contribution in [2.24, 2.45) is 7.05 Å². The van der Waals surface area contributed by atoms with Gasteiger partial charge in [-0.1, -0.05) is 18.2 Å². The standard InChI is InChI=1S/C14H18N4O/c1-17(9-11-8-16-18(2)10-11)14(19)7-12-5-3-4-6-13(12)15/h3-6,8,10H,7,9,15H2,1-2H3. The Morgan fingerprint density at radius 3 is 2.79 bits per heavy atom. The Morgan fingerprint density at radius 2 is 2.16 bits per heavy atom. The molecule has 1 aromatic carbocycles. The monoisotopic (exact) mass is 258 g/mol. The van der Waals surface area contributed by atoms with Gasteiger partial charge < -0.3 is 10.6 Å². The largest absolute Gasteiger partial charge is 0.398 e. The first kappa shape index (κ1) is 13.1. The average Bonchev–Trinajstić information content (AvgIpc) is 2.77. The van der Waals surface area contributed by atoms with Gasteiger partial charge in [-0.3, -0.25) is 9.48 Å². The number of hydrogen-bond donors (Lipinski definition) is 1. The van der Waals surface area contributed by atoms with Gasteiger partial charge in [-0.05, 0) is 11.6 Å². The summed E-state index contributed by atoms with van der Waals surface area (Å²) in [4.78, 5) is 13.8. The summed E-state index contributed by atoms with van der Waals surface area (Å²) in [6.07, 6.45) is 3.99. The van der Waals surface area contributed by atoms with Crippen LogP contribution >= 0.6 is 0 Å². The van der Waals surface area contributed by atoms with E-state index in [9.17, 15) is 4.79 Å². The maximum absolute atomic E-state index is 12.1. The Kier molecular flexibility index (Phi) is 3.85. The molecule has 0 aliphatic heterocycles. The van der Waals surface area contributed by atoms with E-state index in [4.69, 9.17) is 5.73 Å². The topological polar surface area (TPSA) is 64.2 Å². The van der Waals surface area contributed by atoms with Crippen LogP contribution in [0.5, 0.6) is 0 Å². The normalized spacial score (nSPS) is 10.4. The summed E-state index contributed by atoms with van der Waals surface area (Å²) in [5.74, 6) is 0.0433. The molecule has 2 aromatic rings. The van der Waals surface area contributed by atoms with Gasteiger partial charge in [0.1, 0.15) is 0 Å². The molecule has 5 heteroatoms. The number of nitrogens with two attached hydrogens (primary N) is 1. The number of likely N-dealkylation sites (N-methyl/N-ethyl adjacent to an activating group) is 1. The Balaban J connectivity index is 1.98. The first-order valence-corrected chi connectivity index (χ1v) is 6.11. The van der Waals surface area contributed by atoms with Crippen LogP contribution in [0.3, 0.4) is 0 Å². The molecule has 0 unspecified atom stereocenters. The molecular formula is C14H18N4O. The lowest BCUT2D eigenvalue weighted by atomic mass is 10.1. The molecule has 2 rings (SSSR count). The number of carbonyl (C=O) groups excluding carboxylic acids is 1. The molecule has 5 nitrogen and oxygen atoms in total. The number of nitrogens with zero attached hydrogens (tertiary/aromatic N) is 3. The van der Waals surface area contributed by atoms with Gasteiger partial charge in [0, 0.05) is 38.1 Å². The van der Waals surface area contributed by atoms with Crippen molar-refractivity contribution in [3.8, 4) is 0 Å². The van der Waals surface area contributed by atoms with Crippen LogP contribution in [-0.2, 0) is 24.8 Å². The van der Waals surface area contributed by atoms with Gasteiger partial charge in [0.15, 0.2) is 0 Å². The third-order valence-electron chi connectivity index (χ3n) is 3.00. The van der Waals surface area contributed by atoms with E-state index in [0.29, 0.717) is 18.7 Å². The Labute approximate surface area is 112 Å². The van der Waals surface area contributed by atoms with E-state index in [0.717, 1.165) is 11.1 Å². The smallest absolute Gasteiger partial charge is 0.227 e. The summed E-state index contributed by atoms with van der Waals surface area (Å²) in [5, 5.41) is 4.09. The SMILES string of the molecule is CN(Cc1cnn(C)c1)C(=O)Cc1ccccc1N. The molecule has 100 valence electrons. The minimum Gasteiger partial charge on any atom is -0.398 e. The highest BCUT2D eigenvalue weighted by atomic mass is 16.2. The summed E-state index contributed by atoms with van der Waals surface area (Å²) in [7, 11) is 3.64. The second-order valence-corrected chi connectivity index (χ2v) is 4.65. The summed E-state index contributed by atoms with van der Waals surface area (Å²) in [5.41, 5.74) is 8.38. The number of anilines is 1. The zero-order valence-corrected chi connectivity index (χ0v) is 11.2. The number of aromatic nitrogens is 2. The number of nitrogen functional groups attached to an aromatic ring is 1. The van der Waals surface area contributed by atoms with E-state index in [1.165, 1.54) is 0 Å².